The van der Waals surface area contributed by atoms with Gasteiger partial charge in [0.05, 0.1) is 11.2 Å². The monoisotopic (exact) mass is 395 g/mol. The highest BCUT2D eigenvalue weighted by molar-refractivity contribution is 6.10. The fourth-order valence-corrected chi connectivity index (χ4v) is 3.30. The molecule has 1 aromatic heterocycles. The molecule has 0 saturated heterocycles. The van der Waals surface area contributed by atoms with E-state index in [2.05, 4.69) is 15.6 Å². The maximum Gasteiger partial charge on any atom is 0.255 e. The molecule has 5 heteroatoms. The zero-order chi connectivity index (χ0) is 21.1. The number of hydrogen-bond donors (Lipinski definition) is 2. The number of rotatable bonds is 4. The normalized spacial score (nSPS) is 10.6. The van der Waals surface area contributed by atoms with Crippen LogP contribution in [0.3, 0.4) is 0 Å². The van der Waals surface area contributed by atoms with Crippen molar-refractivity contribution in [1.29, 1.82) is 0 Å². The molecule has 0 bridgehead atoms. The largest absolute Gasteiger partial charge is 0.322 e. The first-order chi connectivity index (χ1) is 14.5. The van der Waals surface area contributed by atoms with Gasteiger partial charge in [0.2, 0.25) is 0 Å². The average Bonchev–Trinajstić information content (AvgIpc) is 2.78. The summed E-state index contributed by atoms with van der Waals surface area (Å²) in [6, 6.07) is 21.8. The lowest BCUT2D eigenvalue weighted by Crippen LogP contribution is -2.15. The van der Waals surface area contributed by atoms with Gasteiger partial charge in [-0.2, -0.15) is 0 Å². The first-order valence-electron chi connectivity index (χ1n) is 9.65. The minimum Gasteiger partial charge on any atom is -0.322 e. The molecule has 0 aliphatic carbocycles. The summed E-state index contributed by atoms with van der Waals surface area (Å²) < 4.78 is 0. The number of fused-ring (bicyclic) bond motifs is 1. The zero-order valence-electron chi connectivity index (χ0n) is 16.8. The van der Waals surface area contributed by atoms with Gasteiger partial charge >= 0.3 is 0 Å². The number of amides is 2. The van der Waals surface area contributed by atoms with Crippen LogP contribution in [0.4, 0.5) is 11.4 Å². The maximum absolute atomic E-state index is 12.9. The molecule has 4 aromatic rings. The molecule has 5 nitrogen and oxygen atoms in total. The van der Waals surface area contributed by atoms with Gasteiger partial charge in [-0.15, -0.1) is 0 Å². The SMILES string of the molecule is Cc1ccc(C(=O)Nc2ccc(C)c3ncccc23)cc1NC(=O)c1ccccc1. The number of nitrogens with zero attached hydrogens (tertiary/aromatic N) is 1. The summed E-state index contributed by atoms with van der Waals surface area (Å²) in [6.07, 6.45) is 1.74. The van der Waals surface area contributed by atoms with Crippen LogP contribution in [-0.2, 0) is 0 Å². The van der Waals surface area contributed by atoms with Crippen LogP contribution in [0.15, 0.2) is 79.0 Å². The van der Waals surface area contributed by atoms with E-state index in [9.17, 15) is 9.59 Å². The van der Waals surface area contributed by atoms with E-state index in [1.165, 1.54) is 0 Å². The number of aromatic nitrogens is 1. The molecule has 1 heterocycles. The smallest absolute Gasteiger partial charge is 0.255 e. The predicted molar refractivity (Wildman–Crippen MR) is 120 cm³/mol. The van der Waals surface area contributed by atoms with Crippen molar-refractivity contribution in [2.24, 2.45) is 0 Å². The summed E-state index contributed by atoms with van der Waals surface area (Å²) in [4.78, 5) is 29.8. The zero-order valence-corrected chi connectivity index (χ0v) is 16.8. The first kappa shape index (κ1) is 19.3. The van der Waals surface area contributed by atoms with Gasteiger partial charge in [0.25, 0.3) is 11.8 Å². The molecule has 0 radical (unpaired) electrons. The topological polar surface area (TPSA) is 71.1 Å². The van der Waals surface area contributed by atoms with Crippen molar-refractivity contribution in [1.82, 2.24) is 4.98 Å². The third-order valence-corrected chi connectivity index (χ3v) is 5.00. The quantitative estimate of drug-likeness (QED) is 0.489. The van der Waals surface area contributed by atoms with Gasteiger partial charge in [0.1, 0.15) is 0 Å². The van der Waals surface area contributed by atoms with Crippen molar-refractivity contribution in [3.8, 4) is 0 Å². The van der Waals surface area contributed by atoms with Crippen LogP contribution in [0.1, 0.15) is 31.8 Å². The van der Waals surface area contributed by atoms with Crippen molar-refractivity contribution in [3.63, 3.8) is 0 Å². The minimum atomic E-state index is -0.251. The number of nitrogens with one attached hydrogen (secondary N) is 2. The van der Waals surface area contributed by atoms with Crippen molar-refractivity contribution >= 4 is 34.1 Å². The van der Waals surface area contributed by atoms with E-state index < -0.39 is 0 Å². The number of anilines is 2. The van der Waals surface area contributed by atoms with Crippen molar-refractivity contribution in [3.05, 3.63) is 101 Å². The van der Waals surface area contributed by atoms with Gasteiger partial charge in [-0.3, -0.25) is 14.6 Å². The molecule has 2 amide bonds. The Hall–Kier alpha value is -3.99. The Labute approximate surface area is 174 Å². The van der Waals surface area contributed by atoms with Crippen LogP contribution in [-0.4, -0.2) is 16.8 Å². The van der Waals surface area contributed by atoms with Gasteiger partial charge < -0.3 is 10.6 Å². The summed E-state index contributed by atoms with van der Waals surface area (Å²) in [7, 11) is 0. The van der Waals surface area contributed by atoms with E-state index >= 15 is 0 Å². The highest BCUT2D eigenvalue weighted by Gasteiger charge is 2.13. The van der Waals surface area contributed by atoms with E-state index in [4.69, 9.17) is 0 Å². The molecular weight excluding hydrogens is 374 g/mol. The van der Waals surface area contributed by atoms with E-state index in [1.54, 1.807) is 30.5 Å². The Bertz CT molecular complexity index is 1250. The molecule has 30 heavy (non-hydrogen) atoms. The molecular formula is C25H21N3O2. The molecule has 2 N–H and O–H groups in total. The van der Waals surface area contributed by atoms with Crippen LogP contribution in [0.2, 0.25) is 0 Å². The van der Waals surface area contributed by atoms with Crippen molar-refractivity contribution in [2.75, 3.05) is 10.6 Å². The lowest BCUT2D eigenvalue weighted by atomic mass is 10.1. The Balaban J connectivity index is 1.59. The van der Waals surface area contributed by atoms with Crippen LogP contribution in [0.5, 0.6) is 0 Å². The van der Waals surface area contributed by atoms with Crippen LogP contribution < -0.4 is 10.6 Å². The molecule has 0 saturated carbocycles. The lowest BCUT2D eigenvalue weighted by molar-refractivity contribution is 0.101. The Kier molecular flexibility index (Phi) is 5.26. The van der Waals surface area contributed by atoms with Gasteiger partial charge in [0.15, 0.2) is 0 Å². The second kappa shape index (κ2) is 8.17. The van der Waals surface area contributed by atoms with Crippen LogP contribution in [0.25, 0.3) is 10.9 Å². The summed E-state index contributed by atoms with van der Waals surface area (Å²) in [5, 5.41) is 6.75. The van der Waals surface area contributed by atoms with Gasteiger partial charge in [0, 0.05) is 28.4 Å². The molecule has 0 aliphatic heterocycles. The highest BCUT2D eigenvalue weighted by Crippen LogP contribution is 2.26. The molecule has 0 aliphatic rings. The molecule has 0 atom stereocenters. The number of aryl methyl sites for hydroxylation is 2. The van der Waals surface area contributed by atoms with E-state index in [0.29, 0.717) is 22.5 Å². The van der Waals surface area contributed by atoms with Crippen LogP contribution >= 0.6 is 0 Å². The predicted octanol–water partition coefficient (Wildman–Crippen LogP) is 5.36. The summed E-state index contributed by atoms with van der Waals surface area (Å²) in [6.45, 7) is 3.88. The molecule has 148 valence electrons. The fraction of sp³-hybridized carbons (Fsp3) is 0.0800. The van der Waals surface area contributed by atoms with E-state index in [-0.39, 0.29) is 11.8 Å². The second-order valence-electron chi connectivity index (χ2n) is 7.13. The fourth-order valence-electron chi connectivity index (χ4n) is 3.30. The molecule has 0 unspecified atom stereocenters. The Morgan fingerprint density at radius 1 is 0.700 bits per heavy atom. The summed E-state index contributed by atoms with van der Waals surface area (Å²) in [5.74, 6) is -0.467. The minimum absolute atomic E-state index is 0.216. The summed E-state index contributed by atoms with van der Waals surface area (Å²) >= 11 is 0. The van der Waals surface area contributed by atoms with Gasteiger partial charge in [-0.1, -0.05) is 30.3 Å². The van der Waals surface area contributed by atoms with Crippen molar-refractivity contribution in [2.45, 2.75) is 13.8 Å². The van der Waals surface area contributed by atoms with Crippen molar-refractivity contribution < 1.29 is 9.59 Å². The average molecular weight is 395 g/mol. The Morgan fingerprint density at radius 3 is 2.20 bits per heavy atom. The Morgan fingerprint density at radius 2 is 1.40 bits per heavy atom. The molecule has 3 aromatic carbocycles. The third kappa shape index (κ3) is 3.91. The summed E-state index contributed by atoms with van der Waals surface area (Å²) in [5.41, 5.74) is 5.10. The highest BCUT2D eigenvalue weighted by atomic mass is 16.2. The third-order valence-electron chi connectivity index (χ3n) is 5.00. The number of pyridine rings is 1. The van der Waals surface area contributed by atoms with E-state index in [0.717, 1.165) is 22.0 Å². The molecule has 0 fully saturated rings. The number of hydrogen-bond acceptors (Lipinski definition) is 3. The van der Waals surface area contributed by atoms with Crippen LogP contribution in [0, 0.1) is 13.8 Å². The second-order valence-corrected chi connectivity index (χ2v) is 7.13. The lowest BCUT2D eigenvalue weighted by Gasteiger charge is -2.13. The molecule has 0 spiro atoms. The number of carbonyl (C=O) groups is 2. The van der Waals surface area contributed by atoms with E-state index in [1.807, 2.05) is 62.4 Å². The maximum atomic E-state index is 12.9. The molecule has 4 rings (SSSR count). The van der Waals surface area contributed by atoms with Gasteiger partial charge in [-0.25, -0.2) is 0 Å². The number of carbonyl (C=O) groups excluding carboxylic acids is 2. The first-order valence-corrected chi connectivity index (χ1v) is 9.65. The number of benzene rings is 3. The van der Waals surface area contributed by atoms with Gasteiger partial charge in [-0.05, 0) is 67.4 Å². The standard InChI is InChI=1S/C25H21N3O2/c1-16-10-12-19(15-22(16)28-24(29)18-7-4-3-5-8-18)25(30)27-21-13-11-17(2)23-20(21)9-6-14-26-23/h3-15H,1-2H3,(H,27,30)(H,28,29).